The van der Waals surface area contributed by atoms with Crippen molar-refractivity contribution in [2.24, 2.45) is 5.14 Å². The first-order chi connectivity index (χ1) is 10.9. The number of urea groups is 1. The Labute approximate surface area is 137 Å². The molecule has 2 aromatic carbocycles. The number of hydrogen-bond donors (Lipinski definition) is 3. The zero-order valence-electron chi connectivity index (χ0n) is 11.8. The van der Waals surface area contributed by atoms with Crippen molar-refractivity contribution in [2.75, 3.05) is 10.6 Å². The highest BCUT2D eigenvalue weighted by atomic mass is 32.2. The summed E-state index contributed by atoms with van der Waals surface area (Å²) >= 11 is 1.46. The number of sulfonamides is 1. The second-order valence-electron chi connectivity index (χ2n) is 4.80. The number of fused-ring (bicyclic) bond motifs is 1. The smallest absolute Gasteiger partial charge is 0.308 e. The summed E-state index contributed by atoms with van der Waals surface area (Å²) in [5.41, 5.74) is 0.343. The van der Waals surface area contributed by atoms with Crippen LogP contribution < -0.4 is 15.8 Å². The Kier molecular flexibility index (Phi) is 4.03. The van der Waals surface area contributed by atoms with Crippen LogP contribution in [0.1, 0.15) is 0 Å². The summed E-state index contributed by atoms with van der Waals surface area (Å²) in [5.74, 6) is 0. The maximum Gasteiger partial charge on any atom is 0.324 e. The minimum absolute atomic E-state index is 0.0582. The number of anilines is 2. The van der Waals surface area contributed by atoms with Gasteiger partial charge in [0, 0.05) is 10.4 Å². The van der Waals surface area contributed by atoms with Crippen LogP contribution >= 0.6 is 11.3 Å². The Morgan fingerprint density at radius 2 is 1.78 bits per heavy atom. The molecule has 1 aromatic heterocycles. The Balaban J connectivity index is 1.74. The third-order valence-electron chi connectivity index (χ3n) is 3.08. The average molecular weight is 347 g/mol. The number of rotatable bonds is 3. The van der Waals surface area contributed by atoms with Gasteiger partial charge in [0.1, 0.15) is 0 Å². The van der Waals surface area contributed by atoms with Gasteiger partial charge in [-0.25, -0.2) is 18.4 Å². The van der Waals surface area contributed by atoms with Gasteiger partial charge in [-0.3, -0.25) is 5.32 Å². The van der Waals surface area contributed by atoms with Gasteiger partial charge in [0.15, 0.2) is 0 Å². The third-order valence-corrected chi connectivity index (χ3v) is 5.03. The van der Waals surface area contributed by atoms with Crippen molar-refractivity contribution in [1.29, 1.82) is 0 Å². The molecular weight excluding hydrogens is 334 g/mol. The minimum Gasteiger partial charge on any atom is -0.308 e. The van der Waals surface area contributed by atoms with Gasteiger partial charge in [-0.15, -0.1) is 11.3 Å². The van der Waals surface area contributed by atoms with E-state index in [0.717, 1.165) is 10.1 Å². The van der Waals surface area contributed by atoms with Crippen molar-refractivity contribution in [3.05, 3.63) is 54.6 Å². The molecule has 0 bridgehead atoms. The van der Waals surface area contributed by atoms with Crippen molar-refractivity contribution in [3.8, 4) is 0 Å². The molecule has 0 fully saturated rings. The lowest BCUT2D eigenvalue weighted by molar-refractivity contribution is 0.262. The first kappa shape index (κ1) is 15.5. The Morgan fingerprint density at radius 3 is 2.52 bits per heavy atom. The van der Waals surface area contributed by atoms with Crippen LogP contribution in [0.15, 0.2) is 59.5 Å². The molecule has 23 heavy (non-hydrogen) atoms. The van der Waals surface area contributed by atoms with Gasteiger partial charge >= 0.3 is 6.03 Å². The molecule has 0 spiro atoms. The highest BCUT2D eigenvalue weighted by molar-refractivity contribution is 7.89. The number of amides is 2. The summed E-state index contributed by atoms with van der Waals surface area (Å²) in [7, 11) is -3.81. The molecule has 3 rings (SSSR count). The highest BCUT2D eigenvalue weighted by Crippen LogP contribution is 2.29. The first-order valence-electron chi connectivity index (χ1n) is 6.61. The van der Waals surface area contributed by atoms with E-state index in [1.54, 1.807) is 6.07 Å². The lowest BCUT2D eigenvalue weighted by Gasteiger charge is -2.07. The van der Waals surface area contributed by atoms with Gasteiger partial charge in [-0.1, -0.05) is 24.3 Å². The normalized spacial score (nSPS) is 11.3. The predicted octanol–water partition coefficient (Wildman–Crippen LogP) is 3.19. The lowest BCUT2D eigenvalue weighted by atomic mass is 10.3. The fourth-order valence-corrected chi connectivity index (χ4v) is 3.59. The molecule has 0 saturated heterocycles. The Hall–Kier alpha value is -2.42. The van der Waals surface area contributed by atoms with Gasteiger partial charge < -0.3 is 5.32 Å². The molecule has 1 heterocycles. The van der Waals surface area contributed by atoms with E-state index in [0.29, 0.717) is 10.7 Å². The molecule has 2 amide bonds. The van der Waals surface area contributed by atoms with E-state index in [1.807, 2.05) is 30.3 Å². The number of benzene rings is 2. The Bertz CT molecular complexity index is 947. The molecule has 0 atom stereocenters. The monoisotopic (exact) mass is 347 g/mol. The van der Waals surface area contributed by atoms with E-state index < -0.39 is 16.1 Å². The fourth-order valence-electron chi connectivity index (χ4n) is 2.07. The zero-order valence-corrected chi connectivity index (χ0v) is 13.4. The molecule has 0 aliphatic rings. The molecule has 4 N–H and O–H groups in total. The van der Waals surface area contributed by atoms with Crippen LogP contribution in [0, 0.1) is 0 Å². The number of carbonyl (C=O) groups is 1. The Morgan fingerprint density at radius 1 is 1.00 bits per heavy atom. The van der Waals surface area contributed by atoms with Crippen LogP contribution in [0.25, 0.3) is 10.1 Å². The fraction of sp³-hybridized carbons (Fsp3) is 0. The van der Waals surface area contributed by atoms with E-state index >= 15 is 0 Å². The van der Waals surface area contributed by atoms with Crippen molar-refractivity contribution in [2.45, 2.75) is 4.90 Å². The first-order valence-corrected chi connectivity index (χ1v) is 8.97. The molecule has 118 valence electrons. The van der Waals surface area contributed by atoms with Gasteiger partial charge in [-0.05, 0) is 35.7 Å². The van der Waals surface area contributed by atoms with E-state index in [4.69, 9.17) is 5.14 Å². The molecule has 3 aromatic rings. The number of nitrogens with two attached hydrogens (primary N) is 1. The van der Waals surface area contributed by atoms with Gasteiger partial charge in [0.25, 0.3) is 0 Å². The van der Waals surface area contributed by atoms with Crippen molar-refractivity contribution in [1.82, 2.24) is 0 Å². The maximum atomic E-state index is 12.0. The minimum atomic E-state index is -3.81. The largest absolute Gasteiger partial charge is 0.324 e. The third kappa shape index (κ3) is 3.67. The molecule has 0 aliphatic heterocycles. The van der Waals surface area contributed by atoms with Gasteiger partial charge in [-0.2, -0.15) is 0 Å². The number of carbonyl (C=O) groups excluding carboxylic acids is 1. The number of nitrogens with one attached hydrogen (secondary N) is 2. The zero-order chi connectivity index (χ0) is 16.4. The summed E-state index contributed by atoms with van der Waals surface area (Å²) in [6.45, 7) is 0. The molecule has 0 unspecified atom stereocenters. The van der Waals surface area contributed by atoms with Crippen LogP contribution in [0.5, 0.6) is 0 Å². The van der Waals surface area contributed by atoms with Gasteiger partial charge in [0.05, 0.1) is 9.90 Å². The van der Waals surface area contributed by atoms with Crippen LogP contribution in [-0.2, 0) is 10.0 Å². The number of thiophene rings is 1. The molecule has 8 heteroatoms. The van der Waals surface area contributed by atoms with Crippen LogP contribution in [0.3, 0.4) is 0 Å². The molecule has 0 radical (unpaired) electrons. The molecular formula is C15H13N3O3S2. The summed E-state index contributed by atoms with van der Waals surface area (Å²) in [6.07, 6.45) is 0. The number of primary sulfonamides is 1. The summed E-state index contributed by atoms with van der Waals surface area (Å²) < 4.78 is 23.7. The average Bonchev–Trinajstić information content (AvgIpc) is 2.88. The molecule has 0 aliphatic carbocycles. The second kappa shape index (κ2) is 5.99. The molecule has 6 nitrogen and oxygen atoms in total. The maximum absolute atomic E-state index is 12.0. The standard InChI is InChI=1S/C15H13N3O3S2/c16-23(20,21)12-6-3-5-11(9-12)17-15(19)18-14-8-10-4-1-2-7-13(10)22-14/h1-9H,(H2,16,20,21)(H2,17,18,19). The highest BCUT2D eigenvalue weighted by Gasteiger charge is 2.10. The topological polar surface area (TPSA) is 101 Å². The number of hydrogen-bond acceptors (Lipinski definition) is 4. The SMILES string of the molecule is NS(=O)(=O)c1cccc(NC(=O)Nc2cc3ccccc3s2)c1. The van der Waals surface area contributed by atoms with Gasteiger partial charge in [0.2, 0.25) is 10.0 Å². The van der Waals surface area contributed by atoms with Crippen molar-refractivity contribution in [3.63, 3.8) is 0 Å². The van der Waals surface area contributed by atoms with E-state index in [-0.39, 0.29) is 4.90 Å². The van der Waals surface area contributed by atoms with E-state index in [1.165, 1.54) is 29.5 Å². The second-order valence-corrected chi connectivity index (χ2v) is 7.45. The predicted molar refractivity (Wildman–Crippen MR) is 92.3 cm³/mol. The van der Waals surface area contributed by atoms with Crippen LogP contribution in [0.2, 0.25) is 0 Å². The lowest BCUT2D eigenvalue weighted by Crippen LogP contribution is -2.19. The summed E-state index contributed by atoms with van der Waals surface area (Å²) in [6, 6.07) is 15.0. The van der Waals surface area contributed by atoms with Crippen LogP contribution in [-0.4, -0.2) is 14.4 Å². The molecule has 0 saturated carbocycles. The summed E-state index contributed by atoms with van der Waals surface area (Å²) in [5, 5.41) is 12.1. The van der Waals surface area contributed by atoms with Crippen molar-refractivity contribution < 1.29 is 13.2 Å². The van der Waals surface area contributed by atoms with E-state index in [9.17, 15) is 13.2 Å². The quantitative estimate of drug-likeness (QED) is 0.678. The van der Waals surface area contributed by atoms with Crippen molar-refractivity contribution >= 4 is 48.2 Å². The summed E-state index contributed by atoms with van der Waals surface area (Å²) in [4.78, 5) is 12.0. The van der Waals surface area contributed by atoms with E-state index in [2.05, 4.69) is 10.6 Å². The van der Waals surface area contributed by atoms with Crippen LogP contribution in [0.4, 0.5) is 15.5 Å².